The molecule has 0 saturated heterocycles. The number of carbonyl (C=O) groups is 1. The van der Waals surface area contributed by atoms with Crippen molar-refractivity contribution in [2.75, 3.05) is 0 Å². The number of ketones is 1. The van der Waals surface area contributed by atoms with Crippen molar-refractivity contribution in [1.82, 2.24) is 4.98 Å². The molecule has 1 aromatic heterocycles. The lowest BCUT2D eigenvalue weighted by Crippen LogP contribution is -2.05. The largest absolute Gasteiger partial charge is 0.289 e. The van der Waals surface area contributed by atoms with Crippen LogP contribution in [0.3, 0.4) is 0 Å². The summed E-state index contributed by atoms with van der Waals surface area (Å²) in [5.74, 6) is 0.0705. The Hall–Kier alpha value is -1.96. The van der Waals surface area contributed by atoms with E-state index in [1.807, 2.05) is 58.0 Å². The molecule has 0 aliphatic carbocycles. The molecule has 92 valence electrons. The first-order valence-electron chi connectivity index (χ1n) is 6.04. The van der Waals surface area contributed by atoms with Crippen molar-refractivity contribution in [3.8, 4) is 0 Å². The molecule has 2 rings (SSSR count). The van der Waals surface area contributed by atoms with Crippen LogP contribution in [0.1, 0.15) is 38.4 Å². The Balaban J connectivity index is 2.47. The summed E-state index contributed by atoms with van der Waals surface area (Å²) >= 11 is 0. The molecule has 18 heavy (non-hydrogen) atoms. The number of pyridine rings is 1. The average molecular weight is 239 g/mol. The van der Waals surface area contributed by atoms with Crippen molar-refractivity contribution < 1.29 is 4.79 Å². The van der Waals surface area contributed by atoms with Gasteiger partial charge in [0.25, 0.3) is 0 Å². The maximum absolute atomic E-state index is 12.5. The zero-order valence-corrected chi connectivity index (χ0v) is 11.2. The van der Waals surface area contributed by atoms with Crippen molar-refractivity contribution >= 4 is 5.78 Å². The quantitative estimate of drug-likeness (QED) is 0.750. The Bertz CT molecular complexity index is 594. The van der Waals surface area contributed by atoms with Gasteiger partial charge in [0.2, 0.25) is 0 Å². The number of benzene rings is 1. The third-order valence-electron chi connectivity index (χ3n) is 2.97. The molecular weight excluding hydrogens is 222 g/mol. The van der Waals surface area contributed by atoms with Gasteiger partial charge < -0.3 is 0 Å². The van der Waals surface area contributed by atoms with Gasteiger partial charge in [0.15, 0.2) is 5.78 Å². The van der Waals surface area contributed by atoms with Crippen molar-refractivity contribution in [3.63, 3.8) is 0 Å². The summed E-state index contributed by atoms with van der Waals surface area (Å²) in [6.45, 7) is 7.82. The van der Waals surface area contributed by atoms with E-state index >= 15 is 0 Å². The van der Waals surface area contributed by atoms with Crippen LogP contribution >= 0.6 is 0 Å². The molecular formula is C16H17NO. The highest BCUT2D eigenvalue weighted by Crippen LogP contribution is 2.16. The van der Waals surface area contributed by atoms with E-state index in [-0.39, 0.29) is 5.78 Å². The number of rotatable bonds is 2. The van der Waals surface area contributed by atoms with E-state index in [1.165, 1.54) is 5.56 Å². The smallest absolute Gasteiger partial charge is 0.193 e. The molecule has 0 spiro atoms. The molecule has 0 aliphatic rings. The summed E-state index contributed by atoms with van der Waals surface area (Å²) in [4.78, 5) is 16.7. The zero-order chi connectivity index (χ0) is 13.3. The highest BCUT2D eigenvalue weighted by atomic mass is 16.1. The van der Waals surface area contributed by atoms with Crippen molar-refractivity contribution in [3.05, 3.63) is 64.0 Å². The van der Waals surface area contributed by atoms with Crippen LogP contribution in [0.4, 0.5) is 0 Å². The van der Waals surface area contributed by atoms with Gasteiger partial charge in [-0.15, -0.1) is 0 Å². The minimum atomic E-state index is 0.0705. The van der Waals surface area contributed by atoms with E-state index in [9.17, 15) is 4.79 Å². The normalized spacial score (nSPS) is 10.4. The van der Waals surface area contributed by atoms with Gasteiger partial charge in [0, 0.05) is 22.5 Å². The Morgan fingerprint density at radius 2 is 1.56 bits per heavy atom. The van der Waals surface area contributed by atoms with Crippen LogP contribution in [0.2, 0.25) is 0 Å². The molecule has 0 amide bonds. The molecule has 2 heteroatoms. The van der Waals surface area contributed by atoms with Crippen LogP contribution in [-0.2, 0) is 0 Å². The van der Waals surface area contributed by atoms with Gasteiger partial charge in [0.05, 0.1) is 0 Å². The number of carbonyl (C=O) groups excluding carboxylic acids is 1. The van der Waals surface area contributed by atoms with Gasteiger partial charge >= 0.3 is 0 Å². The number of aromatic nitrogens is 1. The van der Waals surface area contributed by atoms with Gasteiger partial charge in [-0.05, 0) is 45.4 Å². The minimum absolute atomic E-state index is 0.0705. The van der Waals surface area contributed by atoms with Crippen LogP contribution in [-0.4, -0.2) is 10.8 Å². The molecule has 0 fully saturated rings. The van der Waals surface area contributed by atoms with Crippen LogP contribution < -0.4 is 0 Å². The minimum Gasteiger partial charge on any atom is -0.289 e. The van der Waals surface area contributed by atoms with Gasteiger partial charge in [-0.3, -0.25) is 9.78 Å². The topological polar surface area (TPSA) is 30.0 Å². The molecule has 2 nitrogen and oxygen atoms in total. The molecule has 0 atom stereocenters. The van der Waals surface area contributed by atoms with Crippen molar-refractivity contribution in [1.29, 1.82) is 0 Å². The molecule has 0 saturated carbocycles. The second kappa shape index (κ2) is 4.73. The second-order valence-corrected chi connectivity index (χ2v) is 4.79. The average Bonchev–Trinajstić information content (AvgIpc) is 2.26. The van der Waals surface area contributed by atoms with Crippen molar-refractivity contribution in [2.24, 2.45) is 0 Å². The lowest BCUT2D eigenvalue weighted by Gasteiger charge is -2.07. The van der Waals surface area contributed by atoms with E-state index in [2.05, 4.69) is 4.98 Å². The predicted molar refractivity (Wildman–Crippen MR) is 73.1 cm³/mol. The zero-order valence-electron chi connectivity index (χ0n) is 11.2. The molecule has 2 aromatic rings. The van der Waals surface area contributed by atoms with E-state index < -0.39 is 0 Å². The molecule has 1 aromatic carbocycles. The second-order valence-electron chi connectivity index (χ2n) is 4.79. The molecule has 0 radical (unpaired) electrons. The third-order valence-corrected chi connectivity index (χ3v) is 2.97. The standard InChI is InChI=1S/C16H17NO/c1-10-5-6-15(11(2)7-10)16(18)14-8-12(3)17-13(4)9-14/h5-9H,1-4H3. The summed E-state index contributed by atoms with van der Waals surface area (Å²) in [5.41, 5.74) is 5.43. The lowest BCUT2D eigenvalue weighted by molar-refractivity contribution is 0.103. The SMILES string of the molecule is Cc1ccc(C(=O)c2cc(C)nc(C)c2)c(C)c1. The van der Waals surface area contributed by atoms with Gasteiger partial charge in [0.1, 0.15) is 0 Å². The summed E-state index contributed by atoms with van der Waals surface area (Å²) < 4.78 is 0. The Kier molecular flexibility index (Phi) is 3.28. The highest BCUT2D eigenvalue weighted by molar-refractivity contribution is 6.10. The molecule has 0 unspecified atom stereocenters. The maximum atomic E-state index is 12.5. The molecule has 0 N–H and O–H groups in total. The van der Waals surface area contributed by atoms with Crippen LogP contribution in [0.25, 0.3) is 0 Å². The van der Waals surface area contributed by atoms with E-state index in [0.717, 1.165) is 22.5 Å². The predicted octanol–water partition coefficient (Wildman–Crippen LogP) is 3.55. The first-order valence-corrected chi connectivity index (χ1v) is 6.04. The van der Waals surface area contributed by atoms with E-state index in [4.69, 9.17) is 0 Å². The monoisotopic (exact) mass is 239 g/mol. The molecule has 0 bridgehead atoms. The van der Waals surface area contributed by atoms with Crippen LogP contribution in [0, 0.1) is 27.7 Å². The number of hydrogen-bond donors (Lipinski definition) is 0. The Morgan fingerprint density at radius 1 is 0.944 bits per heavy atom. The number of hydrogen-bond acceptors (Lipinski definition) is 2. The Morgan fingerprint density at radius 3 is 2.11 bits per heavy atom. The van der Waals surface area contributed by atoms with Crippen LogP contribution in [0.15, 0.2) is 30.3 Å². The number of nitrogens with zero attached hydrogens (tertiary/aromatic N) is 1. The highest BCUT2D eigenvalue weighted by Gasteiger charge is 2.12. The van der Waals surface area contributed by atoms with Crippen LogP contribution in [0.5, 0.6) is 0 Å². The Labute approximate surface area is 108 Å². The summed E-state index contributed by atoms with van der Waals surface area (Å²) in [5, 5.41) is 0. The first-order chi connectivity index (χ1) is 8.47. The molecule has 0 aliphatic heterocycles. The number of aryl methyl sites for hydroxylation is 4. The fourth-order valence-electron chi connectivity index (χ4n) is 2.19. The van der Waals surface area contributed by atoms with Gasteiger partial charge in [-0.1, -0.05) is 23.8 Å². The fourth-order valence-corrected chi connectivity index (χ4v) is 2.19. The maximum Gasteiger partial charge on any atom is 0.193 e. The van der Waals surface area contributed by atoms with Gasteiger partial charge in [-0.25, -0.2) is 0 Å². The van der Waals surface area contributed by atoms with E-state index in [0.29, 0.717) is 5.56 Å². The summed E-state index contributed by atoms with van der Waals surface area (Å²) in [6.07, 6.45) is 0. The third kappa shape index (κ3) is 2.48. The molecule has 1 heterocycles. The van der Waals surface area contributed by atoms with Crippen molar-refractivity contribution in [2.45, 2.75) is 27.7 Å². The van der Waals surface area contributed by atoms with E-state index in [1.54, 1.807) is 0 Å². The van der Waals surface area contributed by atoms with Gasteiger partial charge in [-0.2, -0.15) is 0 Å². The summed E-state index contributed by atoms with van der Waals surface area (Å²) in [7, 11) is 0. The fraction of sp³-hybridized carbons (Fsp3) is 0.250. The first kappa shape index (κ1) is 12.5. The lowest BCUT2D eigenvalue weighted by atomic mass is 9.97. The summed E-state index contributed by atoms with van der Waals surface area (Å²) in [6, 6.07) is 9.59.